The molecular weight excluding hydrogens is 412 g/mol. The fraction of sp³-hybridized carbons (Fsp3) is 0.300. The summed E-state index contributed by atoms with van der Waals surface area (Å²) in [4.78, 5) is 25.1. The largest absolute Gasteiger partial charge is 0.462 e. The first-order valence-corrected chi connectivity index (χ1v) is 9.27. The third kappa shape index (κ3) is 6.69. The number of nitrogens with zero attached hydrogens (tertiary/aromatic N) is 1. The summed E-state index contributed by atoms with van der Waals surface area (Å²) >= 11 is 3.40. The van der Waals surface area contributed by atoms with Gasteiger partial charge in [0.2, 0.25) is 0 Å². The summed E-state index contributed by atoms with van der Waals surface area (Å²) in [6.45, 7) is 2.67. The van der Waals surface area contributed by atoms with Gasteiger partial charge in [0.15, 0.2) is 0 Å². The van der Waals surface area contributed by atoms with E-state index < -0.39 is 11.9 Å². The number of anilines is 1. The maximum absolute atomic E-state index is 12.2. The number of nitrogen functional groups attached to an aromatic ring is 1. The van der Waals surface area contributed by atoms with Crippen LogP contribution in [0.3, 0.4) is 0 Å². The van der Waals surface area contributed by atoms with Crippen molar-refractivity contribution in [1.29, 1.82) is 0 Å². The first-order chi connectivity index (χ1) is 12.9. The highest BCUT2D eigenvalue weighted by Crippen LogP contribution is 2.27. The number of rotatable bonds is 8. The molecule has 0 aliphatic heterocycles. The van der Waals surface area contributed by atoms with Crippen molar-refractivity contribution < 1.29 is 19.1 Å². The van der Waals surface area contributed by atoms with Gasteiger partial charge >= 0.3 is 11.9 Å². The van der Waals surface area contributed by atoms with E-state index in [9.17, 15) is 9.59 Å². The van der Waals surface area contributed by atoms with Crippen molar-refractivity contribution in [2.24, 2.45) is 0 Å². The number of hydrogen-bond donors (Lipinski definition) is 1. The first kappa shape index (κ1) is 20.9. The number of esters is 2. The number of benzene rings is 2. The third-order valence-electron chi connectivity index (χ3n) is 3.81. The molecule has 0 spiro atoms. The lowest BCUT2D eigenvalue weighted by Crippen LogP contribution is -2.19. The van der Waals surface area contributed by atoms with Crippen molar-refractivity contribution in [2.75, 3.05) is 26.0 Å². The number of carbonyl (C=O) groups excluding carboxylic acids is 2. The third-order valence-corrected chi connectivity index (χ3v) is 4.46. The molecule has 2 aromatic carbocycles. The molecule has 0 aliphatic rings. The standard InChI is InChI=1S/C20H23BrN2O4/c1-14(24)26-8-9-27-20(25)16-10-17(19(22)18(21)11-16)13-23(2)12-15-6-4-3-5-7-15/h3-7,10-11H,8-9,12-13,22H2,1-2H3. The van der Waals surface area contributed by atoms with E-state index in [1.54, 1.807) is 12.1 Å². The molecule has 0 atom stereocenters. The average Bonchev–Trinajstić information content (AvgIpc) is 2.62. The second kappa shape index (κ2) is 10.1. The van der Waals surface area contributed by atoms with Crippen LogP contribution >= 0.6 is 15.9 Å². The van der Waals surface area contributed by atoms with Gasteiger partial charge in [0.25, 0.3) is 0 Å². The molecule has 0 aromatic heterocycles. The van der Waals surface area contributed by atoms with Crippen molar-refractivity contribution in [2.45, 2.75) is 20.0 Å². The molecule has 7 heteroatoms. The number of nitrogens with two attached hydrogens (primary N) is 1. The summed E-state index contributed by atoms with van der Waals surface area (Å²) in [5, 5.41) is 0. The Morgan fingerprint density at radius 2 is 1.74 bits per heavy atom. The zero-order valence-electron chi connectivity index (χ0n) is 15.4. The van der Waals surface area contributed by atoms with E-state index in [0.717, 1.165) is 12.1 Å². The second-order valence-corrected chi connectivity index (χ2v) is 7.02. The molecule has 0 heterocycles. The van der Waals surface area contributed by atoms with Crippen LogP contribution in [-0.2, 0) is 27.4 Å². The summed E-state index contributed by atoms with van der Waals surface area (Å²) in [7, 11) is 1.99. The van der Waals surface area contributed by atoms with Crippen LogP contribution in [0.5, 0.6) is 0 Å². The van der Waals surface area contributed by atoms with Gasteiger partial charge in [0, 0.05) is 24.5 Å². The van der Waals surface area contributed by atoms with Crippen molar-refractivity contribution in [3.63, 3.8) is 0 Å². The molecule has 0 radical (unpaired) electrons. The Morgan fingerprint density at radius 1 is 1.07 bits per heavy atom. The van der Waals surface area contributed by atoms with Crippen molar-refractivity contribution in [3.8, 4) is 0 Å². The second-order valence-electron chi connectivity index (χ2n) is 6.16. The van der Waals surface area contributed by atoms with E-state index in [1.165, 1.54) is 12.5 Å². The Hall–Kier alpha value is -2.38. The zero-order chi connectivity index (χ0) is 19.8. The fourth-order valence-corrected chi connectivity index (χ4v) is 3.07. The SMILES string of the molecule is CC(=O)OCCOC(=O)c1cc(Br)c(N)c(CN(C)Cc2ccccc2)c1. The van der Waals surface area contributed by atoms with Gasteiger partial charge in [-0.05, 0) is 46.2 Å². The van der Waals surface area contributed by atoms with Crippen LogP contribution in [-0.4, -0.2) is 37.1 Å². The molecule has 2 aromatic rings. The summed E-state index contributed by atoms with van der Waals surface area (Å²) in [5.41, 5.74) is 9.17. The maximum Gasteiger partial charge on any atom is 0.338 e. The number of halogens is 1. The summed E-state index contributed by atoms with van der Waals surface area (Å²) in [6, 6.07) is 13.5. The number of hydrogen-bond acceptors (Lipinski definition) is 6. The Bertz CT molecular complexity index is 796. The van der Waals surface area contributed by atoms with Crippen molar-refractivity contribution >= 4 is 33.6 Å². The van der Waals surface area contributed by atoms with Gasteiger partial charge in [-0.25, -0.2) is 4.79 Å². The van der Waals surface area contributed by atoms with Crippen molar-refractivity contribution in [3.05, 3.63) is 63.6 Å². The van der Waals surface area contributed by atoms with Crippen LogP contribution in [0, 0.1) is 0 Å². The summed E-state index contributed by atoms with van der Waals surface area (Å²) < 4.78 is 10.5. The van der Waals surface area contributed by atoms with Gasteiger partial charge in [-0.2, -0.15) is 0 Å². The van der Waals surface area contributed by atoms with E-state index in [0.29, 0.717) is 22.3 Å². The molecule has 2 rings (SSSR count). The van der Waals surface area contributed by atoms with E-state index >= 15 is 0 Å². The molecule has 0 saturated heterocycles. The molecule has 0 unspecified atom stereocenters. The van der Waals surface area contributed by atoms with Gasteiger partial charge in [-0.15, -0.1) is 0 Å². The van der Waals surface area contributed by atoms with E-state index in [1.807, 2.05) is 25.2 Å². The molecular formula is C20H23BrN2O4. The average molecular weight is 435 g/mol. The lowest BCUT2D eigenvalue weighted by molar-refractivity contribution is -0.142. The van der Waals surface area contributed by atoms with Gasteiger partial charge in [0.05, 0.1) is 11.3 Å². The topological polar surface area (TPSA) is 81.9 Å². The fourth-order valence-electron chi connectivity index (χ4n) is 2.57. The smallest absolute Gasteiger partial charge is 0.338 e. The van der Waals surface area contributed by atoms with E-state index in [2.05, 4.69) is 33.0 Å². The van der Waals surface area contributed by atoms with E-state index in [4.69, 9.17) is 15.2 Å². The van der Waals surface area contributed by atoms with Crippen LogP contribution in [0.15, 0.2) is 46.9 Å². The molecule has 0 saturated carbocycles. The van der Waals surface area contributed by atoms with Crippen LogP contribution < -0.4 is 5.73 Å². The van der Waals surface area contributed by atoms with Crippen LogP contribution in [0.2, 0.25) is 0 Å². The van der Waals surface area contributed by atoms with E-state index in [-0.39, 0.29) is 13.2 Å². The van der Waals surface area contributed by atoms with Crippen LogP contribution in [0.25, 0.3) is 0 Å². The molecule has 0 aliphatic carbocycles. The summed E-state index contributed by atoms with van der Waals surface area (Å²) in [6.07, 6.45) is 0. The molecule has 0 amide bonds. The van der Waals surface area contributed by atoms with Crippen LogP contribution in [0.1, 0.15) is 28.4 Å². The lowest BCUT2D eigenvalue weighted by Gasteiger charge is -2.19. The summed E-state index contributed by atoms with van der Waals surface area (Å²) in [5.74, 6) is -0.903. The minimum Gasteiger partial charge on any atom is -0.462 e. The molecule has 27 heavy (non-hydrogen) atoms. The predicted octanol–water partition coefficient (Wildman–Crippen LogP) is 3.38. The first-order valence-electron chi connectivity index (χ1n) is 8.47. The predicted molar refractivity (Wildman–Crippen MR) is 107 cm³/mol. The Labute approximate surface area is 167 Å². The quantitative estimate of drug-likeness (QED) is 0.389. The molecule has 144 valence electrons. The number of carbonyl (C=O) groups is 2. The lowest BCUT2D eigenvalue weighted by atomic mass is 10.1. The van der Waals surface area contributed by atoms with Gasteiger partial charge in [-0.3, -0.25) is 9.69 Å². The Kier molecular flexibility index (Phi) is 7.82. The Balaban J connectivity index is 2.03. The molecule has 6 nitrogen and oxygen atoms in total. The van der Waals surface area contributed by atoms with Crippen molar-refractivity contribution in [1.82, 2.24) is 4.90 Å². The Morgan fingerprint density at radius 3 is 2.41 bits per heavy atom. The highest BCUT2D eigenvalue weighted by Gasteiger charge is 2.15. The molecule has 2 N–H and O–H groups in total. The normalized spacial score (nSPS) is 10.7. The highest BCUT2D eigenvalue weighted by molar-refractivity contribution is 9.10. The highest BCUT2D eigenvalue weighted by atomic mass is 79.9. The minimum atomic E-state index is -0.491. The molecule has 0 fully saturated rings. The van der Waals surface area contributed by atoms with Gasteiger partial charge < -0.3 is 15.2 Å². The maximum atomic E-state index is 12.2. The monoisotopic (exact) mass is 434 g/mol. The molecule has 0 bridgehead atoms. The zero-order valence-corrected chi connectivity index (χ0v) is 17.0. The van der Waals surface area contributed by atoms with Gasteiger partial charge in [-0.1, -0.05) is 30.3 Å². The van der Waals surface area contributed by atoms with Crippen LogP contribution in [0.4, 0.5) is 5.69 Å². The minimum absolute atomic E-state index is 0.00362. The number of ether oxygens (including phenoxy) is 2. The van der Waals surface area contributed by atoms with Gasteiger partial charge in [0.1, 0.15) is 13.2 Å².